The molecular formula is C13H6BrFN4. The number of pyridine rings is 1. The van der Waals surface area contributed by atoms with Crippen LogP contribution in [0.2, 0.25) is 0 Å². The second-order valence-corrected chi connectivity index (χ2v) is 4.76. The zero-order valence-electron chi connectivity index (χ0n) is 9.51. The van der Waals surface area contributed by atoms with Crippen LogP contribution in [0.25, 0.3) is 17.0 Å². The molecule has 0 unspecified atom stereocenters. The summed E-state index contributed by atoms with van der Waals surface area (Å²) in [6, 6.07) is 9.75. The Morgan fingerprint density at radius 1 is 1.21 bits per heavy atom. The Labute approximate surface area is 116 Å². The first-order valence-electron chi connectivity index (χ1n) is 5.39. The van der Waals surface area contributed by atoms with E-state index in [4.69, 9.17) is 5.26 Å². The highest BCUT2D eigenvalue weighted by Gasteiger charge is 2.12. The fourth-order valence-electron chi connectivity index (χ4n) is 1.81. The Bertz CT molecular complexity index is 819. The van der Waals surface area contributed by atoms with Crippen LogP contribution in [0.5, 0.6) is 0 Å². The highest BCUT2D eigenvalue weighted by Crippen LogP contribution is 2.28. The molecule has 92 valence electrons. The summed E-state index contributed by atoms with van der Waals surface area (Å²) < 4.78 is 15.7. The van der Waals surface area contributed by atoms with E-state index in [1.807, 2.05) is 0 Å². The van der Waals surface area contributed by atoms with Crippen LogP contribution in [-0.4, -0.2) is 14.6 Å². The summed E-state index contributed by atoms with van der Waals surface area (Å²) in [6.07, 6.45) is 1.63. The van der Waals surface area contributed by atoms with Gasteiger partial charge in [0.2, 0.25) is 0 Å². The molecule has 2 aromatic heterocycles. The van der Waals surface area contributed by atoms with Crippen LogP contribution in [-0.2, 0) is 0 Å². The summed E-state index contributed by atoms with van der Waals surface area (Å²) >= 11 is 3.36. The van der Waals surface area contributed by atoms with E-state index in [1.165, 1.54) is 12.1 Å². The molecule has 6 heteroatoms. The van der Waals surface area contributed by atoms with Gasteiger partial charge in [0.15, 0.2) is 11.5 Å². The van der Waals surface area contributed by atoms with Crippen LogP contribution in [0.3, 0.4) is 0 Å². The Balaban J connectivity index is 2.31. The van der Waals surface area contributed by atoms with Crippen LogP contribution in [0, 0.1) is 17.1 Å². The molecule has 0 saturated carbocycles. The molecule has 3 rings (SSSR count). The average Bonchev–Trinajstić information content (AvgIpc) is 2.84. The van der Waals surface area contributed by atoms with E-state index in [1.54, 1.807) is 28.8 Å². The van der Waals surface area contributed by atoms with E-state index in [-0.39, 0.29) is 5.82 Å². The monoisotopic (exact) mass is 316 g/mol. The molecule has 0 aliphatic carbocycles. The molecule has 1 aromatic carbocycles. The predicted molar refractivity (Wildman–Crippen MR) is 70.8 cm³/mol. The third-order valence-corrected chi connectivity index (χ3v) is 3.39. The van der Waals surface area contributed by atoms with Gasteiger partial charge in [0.1, 0.15) is 11.9 Å². The highest BCUT2D eigenvalue weighted by molar-refractivity contribution is 9.10. The molecule has 0 fully saturated rings. The van der Waals surface area contributed by atoms with Crippen molar-refractivity contribution in [2.75, 3.05) is 0 Å². The largest absolute Gasteiger partial charge is 0.281 e. The van der Waals surface area contributed by atoms with Gasteiger partial charge in [0, 0.05) is 16.2 Å². The molecule has 2 heterocycles. The molecular weight excluding hydrogens is 311 g/mol. The number of rotatable bonds is 1. The molecule has 0 N–H and O–H groups in total. The number of nitriles is 1. The normalized spacial score (nSPS) is 10.6. The van der Waals surface area contributed by atoms with E-state index in [0.29, 0.717) is 27.1 Å². The number of aromatic nitrogens is 3. The molecule has 4 nitrogen and oxygen atoms in total. The number of nitrogens with zero attached hydrogens (tertiary/aromatic N) is 4. The van der Waals surface area contributed by atoms with E-state index < -0.39 is 0 Å². The first-order valence-corrected chi connectivity index (χ1v) is 6.18. The molecule has 0 atom stereocenters. The van der Waals surface area contributed by atoms with Crippen molar-refractivity contribution >= 4 is 21.6 Å². The first-order chi connectivity index (χ1) is 9.19. The minimum Gasteiger partial charge on any atom is -0.281 e. The second-order valence-electron chi connectivity index (χ2n) is 3.91. The van der Waals surface area contributed by atoms with Gasteiger partial charge in [0.25, 0.3) is 0 Å². The van der Waals surface area contributed by atoms with Crippen LogP contribution >= 0.6 is 15.9 Å². The average molecular weight is 317 g/mol. The van der Waals surface area contributed by atoms with Gasteiger partial charge in [-0.15, -0.1) is 10.2 Å². The van der Waals surface area contributed by atoms with Gasteiger partial charge in [-0.05, 0) is 30.3 Å². The lowest BCUT2D eigenvalue weighted by molar-refractivity contribution is 0.628. The number of hydrogen-bond donors (Lipinski definition) is 0. The van der Waals surface area contributed by atoms with Crippen LogP contribution < -0.4 is 0 Å². The zero-order chi connectivity index (χ0) is 13.4. The molecule has 0 amide bonds. The Hall–Kier alpha value is -2.26. The number of halogens is 2. The summed E-state index contributed by atoms with van der Waals surface area (Å²) in [5.74, 6) is 0.130. The SMILES string of the molecule is N#Cc1ccc2nnc(-c3cc(F)ccc3Br)n2c1. The molecule has 0 aliphatic heterocycles. The summed E-state index contributed by atoms with van der Waals surface area (Å²) in [4.78, 5) is 0. The topological polar surface area (TPSA) is 54.0 Å². The lowest BCUT2D eigenvalue weighted by Gasteiger charge is -2.03. The maximum atomic E-state index is 13.4. The van der Waals surface area contributed by atoms with Crippen molar-refractivity contribution in [1.29, 1.82) is 5.26 Å². The van der Waals surface area contributed by atoms with Crippen molar-refractivity contribution in [3.63, 3.8) is 0 Å². The van der Waals surface area contributed by atoms with Crippen molar-refractivity contribution < 1.29 is 4.39 Å². The van der Waals surface area contributed by atoms with Gasteiger partial charge in [0.05, 0.1) is 5.56 Å². The Morgan fingerprint density at radius 3 is 2.84 bits per heavy atom. The molecule has 3 aromatic rings. The van der Waals surface area contributed by atoms with Crippen LogP contribution in [0.1, 0.15) is 5.56 Å². The van der Waals surface area contributed by atoms with Gasteiger partial charge < -0.3 is 0 Å². The third-order valence-electron chi connectivity index (χ3n) is 2.70. The highest BCUT2D eigenvalue weighted by atomic mass is 79.9. The lowest BCUT2D eigenvalue weighted by atomic mass is 10.2. The Morgan fingerprint density at radius 2 is 2.05 bits per heavy atom. The van der Waals surface area contributed by atoms with Crippen molar-refractivity contribution in [2.24, 2.45) is 0 Å². The molecule has 0 bridgehead atoms. The van der Waals surface area contributed by atoms with Crippen LogP contribution in [0.15, 0.2) is 41.0 Å². The maximum Gasteiger partial charge on any atom is 0.169 e. The van der Waals surface area contributed by atoms with Crippen molar-refractivity contribution in [1.82, 2.24) is 14.6 Å². The van der Waals surface area contributed by atoms with Gasteiger partial charge >= 0.3 is 0 Å². The Kier molecular flexibility index (Phi) is 2.76. The van der Waals surface area contributed by atoms with Crippen molar-refractivity contribution in [2.45, 2.75) is 0 Å². The molecule has 0 aliphatic rings. The quantitative estimate of drug-likeness (QED) is 0.693. The van der Waals surface area contributed by atoms with Crippen molar-refractivity contribution in [3.8, 4) is 17.5 Å². The van der Waals surface area contributed by atoms with Gasteiger partial charge in [-0.1, -0.05) is 15.9 Å². The number of benzene rings is 1. The smallest absolute Gasteiger partial charge is 0.169 e. The number of hydrogen-bond acceptors (Lipinski definition) is 3. The standard InChI is InChI=1S/C13H6BrFN4/c14-11-3-2-9(15)5-10(11)13-18-17-12-4-1-8(6-16)7-19(12)13/h1-5,7H. The molecule has 0 spiro atoms. The second kappa shape index (κ2) is 4.44. The van der Waals surface area contributed by atoms with Crippen LogP contribution in [0.4, 0.5) is 4.39 Å². The minimum atomic E-state index is -0.355. The van der Waals surface area contributed by atoms with Gasteiger partial charge in [-0.3, -0.25) is 4.40 Å². The minimum absolute atomic E-state index is 0.355. The molecule has 0 saturated heterocycles. The summed E-state index contributed by atoms with van der Waals surface area (Å²) in [5.41, 5.74) is 1.67. The van der Waals surface area contributed by atoms with E-state index in [0.717, 1.165) is 0 Å². The van der Waals surface area contributed by atoms with Gasteiger partial charge in [-0.25, -0.2) is 4.39 Å². The van der Waals surface area contributed by atoms with Crippen molar-refractivity contribution in [3.05, 3.63) is 52.4 Å². The summed E-state index contributed by atoms with van der Waals surface area (Å²) in [6.45, 7) is 0. The fourth-order valence-corrected chi connectivity index (χ4v) is 2.23. The van der Waals surface area contributed by atoms with E-state index >= 15 is 0 Å². The van der Waals surface area contributed by atoms with E-state index in [9.17, 15) is 4.39 Å². The third kappa shape index (κ3) is 1.98. The molecule has 0 radical (unpaired) electrons. The first kappa shape index (κ1) is 11.8. The summed E-state index contributed by atoms with van der Waals surface area (Å²) in [5, 5.41) is 17.0. The molecule has 19 heavy (non-hydrogen) atoms. The summed E-state index contributed by atoms with van der Waals surface area (Å²) in [7, 11) is 0. The lowest BCUT2D eigenvalue weighted by Crippen LogP contribution is -1.92. The fraction of sp³-hybridized carbons (Fsp3) is 0. The predicted octanol–water partition coefficient (Wildman–Crippen LogP) is 3.17. The maximum absolute atomic E-state index is 13.4. The van der Waals surface area contributed by atoms with Gasteiger partial charge in [-0.2, -0.15) is 5.26 Å². The zero-order valence-corrected chi connectivity index (χ0v) is 11.1. The number of fused-ring (bicyclic) bond motifs is 1. The van der Waals surface area contributed by atoms with E-state index in [2.05, 4.69) is 32.2 Å².